The van der Waals surface area contributed by atoms with E-state index < -0.39 is 0 Å². The fourth-order valence-corrected chi connectivity index (χ4v) is 1.44. The van der Waals surface area contributed by atoms with Crippen molar-refractivity contribution in [3.63, 3.8) is 0 Å². The number of hydrogen-bond acceptors (Lipinski definition) is 2. The maximum atomic E-state index is 8.53. The maximum absolute atomic E-state index is 8.53. The highest BCUT2D eigenvalue weighted by molar-refractivity contribution is 4.88. The molecular weight excluding hydrogens is 112 g/mol. The van der Waals surface area contributed by atoms with Crippen LogP contribution in [0.25, 0.3) is 0 Å². The van der Waals surface area contributed by atoms with Crippen LogP contribution in [0.3, 0.4) is 0 Å². The minimum Gasteiger partial charge on any atom is -0.308 e. The molecule has 1 rings (SSSR count). The van der Waals surface area contributed by atoms with Gasteiger partial charge in [0.25, 0.3) is 0 Å². The molecule has 0 amide bonds. The predicted octanol–water partition coefficient (Wildman–Crippen LogP) is 1.20. The first-order chi connectivity index (χ1) is 4.24. The second kappa shape index (κ2) is 2.26. The number of rotatable bonds is 0. The zero-order valence-corrected chi connectivity index (χ0v) is 5.96. The normalized spacial score (nSPS) is 34.6. The van der Waals surface area contributed by atoms with Crippen molar-refractivity contribution >= 4 is 0 Å². The van der Waals surface area contributed by atoms with Crippen molar-refractivity contribution in [2.24, 2.45) is 5.92 Å². The van der Waals surface area contributed by atoms with E-state index in [2.05, 4.69) is 20.0 Å². The first-order valence-corrected chi connectivity index (χ1v) is 3.40. The van der Waals surface area contributed by atoms with Crippen LogP contribution in [-0.2, 0) is 0 Å². The number of nitriles is 1. The van der Waals surface area contributed by atoms with E-state index in [4.69, 9.17) is 5.26 Å². The van der Waals surface area contributed by atoms with Gasteiger partial charge in [0.05, 0.1) is 0 Å². The fourth-order valence-electron chi connectivity index (χ4n) is 1.44. The SMILES string of the molecule is CC1C[C@H](C)N(C#N)C1. The van der Waals surface area contributed by atoms with Gasteiger partial charge in [0.15, 0.2) is 6.19 Å². The van der Waals surface area contributed by atoms with Gasteiger partial charge in [0.1, 0.15) is 0 Å². The lowest BCUT2D eigenvalue weighted by atomic mass is 10.1. The predicted molar refractivity (Wildman–Crippen MR) is 35.6 cm³/mol. The average molecular weight is 124 g/mol. The number of likely N-dealkylation sites (tertiary alicyclic amines) is 1. The topological polar surface area (TPSA) is 27.0 Å². The van der Waals surface area contributed by atoms with Crippen LogP contribution in [0.5, 0.6) is 0 Å². The smallest absolute Gasteiger partial charge is 0.179 e. The Morgan fingerprint density at radius 3 is 2.44 bits per heavy atom. The van der Waals surface area contributed by atoms with Gasteiger partial charge in [0, 0.05) is 12.6 Å². The summed E-state index contributed by atoms with van der Waals surface area (Å²) in [6.45, 7) is 5.25. The third-order valence-corrected chi connectivity index (χ3v) is 1.91. The van der Waals surface area contributed by atoms with E-state index in [1.165, 1.54) is 6.42 Å². The molecule has 2 heteroatoms. The highest BCUT2D eigenvalue weighted by atomic mass is 15.2. The second-order valence-corrected chi connectivity index (χ2v) is 2.94. The lowest BCUT2D eigenvalue weighted by molar-refractivity contribution is 0.384. The van der Waals surface area contributed by atoms with Crippen molar-refractivity contribution in [1.82, 2.24) is 4.90 Å². The highest BCUT2D eigenvalue weighted by Crippen LogP contribution is 2.20. The van der Waals surface area contributed by atoms with E-state index >= 15 is 0 Å². The monoisotopic (exact) mass is 124 g/mol. The van der Waals surface area contributed by atoms with Gasteiger partial charge in [-0.2, -0.15) is 5.26 Å². The molecule has 0 bridgehead atoms. The standard InChI is InChI=1S/C7H12N2/c1-6-3-7(2)9(4-6)5-8/h6-7H,3-4H2,1-2H3/t6?,7-/m0/s1. The molecule has 0 aromatic rings. The molecule has 0 saturated carbocycles. The minimum absolute atomic E-state index is 0.477. The minimum atomic E-state index is 0.477. The third-order valence-electron chi connectivity index (χ3n) is 1.91. The zero-order chi connectivity index (χ0) is 6.85. The Bertz CT molecular complexity index is 136. The Morgan fingerprint density at radius 1 is 1.56 bits per heavy atom. The molecule has 0 N–H and O–H groups in total. The lowest BCUT2D eigenvalue weighted by Crippen LogP contribution is -2.20. The molecule has 0 aromatic heterocycles. The summed E-state index contributed by atoms with van der Waals surface area (Å²) in [5.74, 6) is 0.708. The molecule has 0 aliphatic carbocycles. The summed E-state index contributed by atoms with van der Waals surface area (Å²) in [7, 11) is 0. The molecule has 1 aliphatic rings. The van der Waals surface area contributed by atoms with Crippen LogP contribution in [0.1, 0.15) is 20.3 Å². The van der Waals surface area contributed by atoms with Crippen molar-refractivity contribution in [1.29, 1.82) is 5.26 Å². The van der Waals surface area contributed by atoms with E-state index in [-0.39, 0.29) is 0 Å². The molecule has 1 saturated heterocycles. The molecule has 1 unspecified atom stereocenters. The van der Waals surface area contributed by atoms with Gasteiger partial charge >= 0.3 is 0 Å². The molecule has 2 atom stereocenters. The average Bonchev–Trinajstić information content (AvgIpc) is 2.10. The van der Waals surface area contributed by atoms with Crippen molar-refractivity contribution in [2.45, 2.75) is 26.3 Å². The quantitative estimate of drug-likeness (QED) is 0.454. The molecule has 50 valence electrons. The van der Waals surface area contributed by atoms with Crippen LogP contribution in [0.2, 0.25) is 0 Å². The highest BCUT2D eigenvalue weighted by Gasteiger charge is 2.24. The van der Waals surface area contributed by atoms with E-state index in [9.17, 15) is 0 Å². The van der Waals surface area contributed by atoms with Crippen molar-refractivity contribution < 1.29 is 0 Å². The summed E-state index contributed by atoms with van der Waals surface area (Å²) in [6.07, 6.45) is 3.35. The Morgan fingerprint density at radius 2 is 2.22 bits per heavy atom. The Kier molecular flexibility index (Phi) is 1.61. The van der Waals surface area contributed by atoms with Crippen molar-refractivity contribution in [2.75, 3.05) is 6.54 Å². The van der Waals surface area contributed by atoms with Gasteiger partial charge in [0.2, 0.25) is 0 Å². The molecule has 0 aromatic carbocycles. The molecule has 0 radical (unpaired) electrons. The third kappa shape index (κ3) is 1.16. The second-order valence-electron chi connectivity index (χ2n) is 2.94. The molecule has 1 fully saturated rings. The zero-order valence-electron chi connectivity index (χ0n) is 5.96. The van der Waals surface area contributed by atoms with Gasteiger partial charge in [-0.25, -0.2) is 0 Å². The van der Waals surface area contributed by atoms with Gasteiger partial charge in [-0.15, -0.1) is 0 Å². The van der Waals surface area contributed by atoms with Crippen LogP contribution in [0.15, 0.2) is 0 Å². The van der Waals surface area contributed by atoms with E-state index in [0.717, 1.165) is 6.54 Å². The number of hydrogen-bond donors (Lipinski definition) is 0. The van der Waals surface area contributed by atoms with Gasteiger partial charge in [-0.1, -0.05) is 6.92 Å². The Balaban J connectivity index is 2.50. The van der Waals surface area contributed by atoms with Gasteiger partial charge in [-0.3, -0.25) is 0 Å². The van der Waals surface area contributed by atoms with Crippen molar-refractivity contribution in [3.8, 4) is 6.19 Å². The molecule has 9 heavy (non-hydrogen) atoms. The first kappa shape index (κ1) is 6.41. The van der Waals surface area contributed by atoms with E-state index in [0.29, 0.717) is 12.0 Å². The molecule has 2 nitrogen and oxygen atoms in total. The molecular formula is C7H12N2. The van der Waals surface area contributed by atoms with Gasteiger partial charge < -0.3 is 4.90 Å². The van der Waals surface area contributed by atoms with Crippen LogP contribution >= 0.6 is 0 Å². The largest absolute Gasteiger partial charge is 0.308 e. The molecule has 0 spiro atoms. The van der Waals surface area contributed by atoms with Crippen molar-refractivity contribution in [3.05, 3.63) is 0 Å². The summed E-state index contributed by atoms with van der Waals surface area (Å²) in [5.41, 5.74) is 0. The molecule has 1 heterocycles. The summed E-state index contributed by atoms with van der Waals surface area (Å²) in [4.78, 5) is 1.85. The van der Waals surface area contributed by atoms with Crippen LogP contribution in [0, 0.1) is 17.4 Å². The molecule has 1 aliphatic heterocycles. The maximum Gasteiger partial charge on any atom is 0.179 e. The first-order valence-electron chi connectivity index (χ1n) is 3.40. The fraction of sp³-hybridized carbons (Fsp3) is 0.857. The van der Waals surface area contributed by atoms with Gasteiger partial charge in [-0.05, 0) is 19.3 Å². The summed E-state index contributed by atoms with van der Waals surface area (Å²) in [5, 5.41) is 8.53. The Hall–Kier alpha value is -0.710. The van der Waals surface area contributed by atoms with E-state index in [1.807, 2.05) is 4.90 Å². The van der Waals surface area contributed by atoms with Crippen LogP contribution in [-0.4, -0.2) is 17.5 Å². The Labute approximate surface area is 56.1 Å². The lowest BCUT2D eigenvalue weighted by Gasteiger charge is -2.11. The summed E-state index contributed by atoms with van der Waals surface area (Å²) >= 11 is 0. The van der Waals surface area contributed by atoms with Crippen LogP contribution < -0.4 is 0 Å². The summed E-state index contributed by atoms with van der Waals surface area (Å²) < 4.78 is 0. The van der Waals surface area contributed by atoms with Crippen LogP contribution in [0.4, 0.5) is 0 Å². The summed E-state index contributed by atoms with van der Waals surface area (Å²) in [6, 6.07) is 0.477. The van der Waals surface area contributed by atoms with E-state index in [1.54, 1.807) is 0 Å². The number of nitrogens with zero attached hydrogens (tertiary/aromatic N) is 2.